The summed E-state index contributed by atoms with van der Waals surface area (Å²) < 4.78 is 0. The summed E-state index contributed by atoms with van der Waals surface area (Å²) in [7, 11) is 0. The van der Waals surface area contributed by atoms with Gasteiger partial charge in [0.2, 0.25) is 0 Å². The molecule has 10 atom stereocenters. The van der Waals surface area contributed by atoms with Crippen molar-refractivity contribution in [1.29, 1.82) is 0 Å². The topological polar surface area (TPSA) is 60.7 Å². The van der Waals surface area contributed by atoms with Crippen LogP contribution in [-0.4, -0.2) is 33.6 Å². The number of hydrogen-bond acceptors (Lipinski definition) is 3. The van der Waals surface area contributed by atoms with Gasteiger partial charge in [0.25, 0.3) is 0 Å². The van der Waals surface area contributed by atoms with Crippen LogP contribution in [0.3, 0.4) is 0 Å². The van der Waals surface area contributed by atoms with Gasteiger partial charge in [-0.2, -0.15) is 0 Å². The SMILES string of the molecule is CC(C)=CC/C=C(\C)C1CC[C@]2(C)C1[C@H](O)CC1[C@@]3(C)CC[C@H](O)C(C)(C)C3[C@@H](O)C[C@]12C. The summed E-state index contributed by atoms with van der Waals surface area (Å²) in [5, 5.41) is 34.3. The maximum atomic E-state index is 11.7. The van der Waals surface area contributed by atoms with Crippen LogP contribution in [0.2, 0.25) is 0 Å². The summed E-state index contributed by atoms with van der Waals surface area (Å²) in [4.78, 5) is 0. The fourth-order valence-corrected chi connectivity index (χ4v) is 10.1. The fourth-order valence-electron chi connectivity index (χ4n) is 10.1. The zero-order valence-corrected chi connectivity index (χ0v) is 22.5. The molecule has 4 unspecified atom stereocenters. The number of rotatable bonds is 3. The molecular formula is C30H50O3. The van der Waals surface area contributed by atoms with Crippen molar-refractivity contribution in [3.63, 3.8) is 0 Å². The van der Waals surface area contributed by atoms with Crippen LogP contribution in [0.25, 0.3) is 0 Å². The Bertz CT molecular complexity index is 822. The Morgan fingerprint density at radius 3 is 2.15 bits per heavy atom. The van der Waals surface area contributed by atoms with Crippen LogP contribution >= 0.6 is 0 Å². The Labute approximate surface area is 202 Å². The predicted molar refractivity (Wildman–Crippen MR) is 136 cm³/mol. The third-order valence-corrected chi connectivity index (χ3v) is 11.8. The van der Waals surface area contributed by atoms with Crippen LogP contribution in [0, 0.1) is 45.3 Å². The molecule has 3 nitrogen and oxygen atoms in total. The molecule has 4 rings (SSSR count). The Morgan fingerprint density at radius 2 is 1.52 bits per heavy atom. The standard InChI is InChI=1S/C30H50O3/c1-18(2)10-9-11-19(3)20-12-15-29(7)25(20)21(31)16-23-28(6)14-13-24(33)27(4,5)26(28)22(32)17-30(23,29)8/h10-11,20-26,31-33H,9,12-17H2,1-8H3/b19-11+/t20?,21-,22+,23?,24+,25?,26?,28-,29-,30-/m1/s1. The van der Waals surface area contributed by atoms with Gasteiger partial charge >= 0.3 is 0 Å². The highest BCUT2D eigenvalue weighted by Gasteiger charge is 2.72. The van der Waals surface area contributed by atoms with Crippen molar-refractivity contribution in [2.45, 2.75) is 119 Å². The average molecular weight is 459 g/mol. The van der Waals surface area contributed by atoms with E-state index < -0.39 is 6.10 Å². The van der Waals surface area contributed by atoms with Crippen molar-refractivity contribution in [1.82, 2.24) is 0 Å². The molecular weight excluding hydrogens is 408 g/mol. The molecule has 0 heterocycles. The normalized spacial score (nSPS) is 51.4. The highest BCUT2D eigenvalue weighted by Crippen LogP contribution is 2.75. The van der Waals surface area contributed by atoms with Gasteiger partial charge in [0, 0.05) is 0 Å². The van der Waals surface area contributed by atoms with E-state index in [9.17, 15) is 15.3 Å². The van der Waals surface area contributed by atoms with Gasteiger partial charge in [-0.15, -0.1) is 0 Å². The van der Waals surface area contributed by atoms with Crippen LogP contribution < -0.4 is 0 Å². The van der Waals surface area contributed by atoms with Crippen LogP contribution in [0.15, 0.2) is 23.3 Å². The summed E-state index contributed by atoms with van der Waals surface area (Å²) >= 11 is 0. The van der Waals surface area contributed by atoms with Crippen molar-refractivity contribution in [3.05, 3.63) is 23.3 Å². The number of aliphatic hydroxyl groups excluding tert-OH is 3. The molecule has 0 aromatic heterocycles. The summed E-state index contributed by atoms with van der Waals surface area (Å²) in [5.74, 6) is 1.13. The van der Waals surface area contributed by atoms with Gasteiger partial charge in [-0.3, -0.25) is 0 Å². The van der Waals surface area contributed by atoms with Crippen LogP contribution in [-0.2, 0) is 0 Å². The Hall–Kier alpha value is -0.640. The van der Waals surface area contributed by atoms with E-state index in [1.54, 1.807) is 0 Å². The van der Waals surface area contributed by atoms with Crippen LogP contribution in [0.1, 0.15) is 100 Å². The van der Waals surface area contributed by atoms with E-state index in [2.05, 4.69) is 67.5 Å². The molecule has 0 aromatic rings. The zero-order chi connectivity index (χ0) is 24.6. The van der Waals surface area contributed by atoms with E-state index >= 15 is 0 Å². The first-order valence-corrected chi connectivity index (χ1v) is 13.5. The Kier molecular flexibility index (Phi) is 6.33. The zero-order valence-electron chi connectivity index (χ0n) is 22.5. The second kappa shape index (κ2) is 8.20. The molecule has 4 fully saturated rings. The molecule has 4 saturated carbocycles. The summed E-state index contributed by atoms with van der Waals surface area (Å²) in [6.45, 7) is 18.1. The van der Waals surface area contributed by atoms with Crippen molar-refractivity contribution in [2.75, 3.05) is 0 Å². The van der Waals surface area contributed by atoms with Gasteiger partial charge < -0.3 is 15.3 Å². The molecule has 3 N–H and O–H groups in total. The van der Waals surface area contributed by atoms with Gasteiger partial charge in [-0.1, -0.05) is 57.9 Å². The maximum Gasteiger partial charge on any atom is 0.0595 e. The highest BCUT2D eigenvalue weighted by molar-refractivity contribution is 5.24. The summed E-state index contributed by atoms with van der Waals surface area (Å²) in [6, 6.07) is 0. The van der Waals surface area contributed by atoms with Crippen LogP contribution in [0.4, 0.5) is 0 Å². The van der Waals surface area contributed by atoms with E-state index in [4.69, 9.17) is 0 Å². The van der Waals surface area contributed by atoms with Crippen molar-refractivity contribution < 1.29 is 15.3 Å². The van der Waals surface area contributed by atoms with Crippen molar-refractivity contribution >= 4 is 0 Å². The first kappa shape index (κ1) is 25.5. The molecule has 4 aliphatic rings. The lowest BCUT2D eigenvalue weighted by Crippen LogP contribution is -2.69. The van der Waals surface area contributed by atoms with E-state index in [1.165, 1.54) is 11.1 Å². The quantitative estimate of drug-likeness (QED) is 0.436. The molecule has 0 radical (unpaired) electrons. The lowest BCUT2D eigenvalue weighted by atomic mass is 9.34. The lowest BCUT2D eigenvalue weighted by Gasteiger charge is -2.71. The molecule has 4 aliphatic carbocycles. The molecule has 3 heteroatoms. The summed E-state index contributed by atoms with van der Waals surface area (Å²) in [6.07, 6.45) is 10.2. The van der Waals surface area contributed by atoms with Gasteiger partial charge in [0.1, 0.15) is 0 Å². The van der Waals surface area contributed by atoms with E-state index in [0.717, 1.165) is 44.9 Å². The largest absolute Gasteiger partial charge is 0.393 e. The second-order valence-electron chi connectivity index (χ2n) is 14.0. The predicted octanol–water partition coefficient (Wildman–Crippen LogP) is 6.28. The third kappa shape index (κ3) is 3.54. The van der Waals surface area contributed by atoms with Crippen molar-refractivity contribution in [3.8, 4) is 0 Å². The minimum absolute atomic E-state index is 0.00508. The smallest absolute Gasteiger partial charge is 0.0595 e. The molecule has 188 valence electrons. The monoisotopic (exact) mass is 458 g/mol. The number of fused-ring (bicyclic) bond motifs is 5. The maximum absolute atomic E-state index is 11.7. The van der Waals surface area contributed by atoms with Gasteiger partial charge in [0.15, 0.2) is 0 Å². The minimum Gasteiger partial charge on any atom is -0.393 e. The molecule has 0 spiro atoms. The molecule has 0 amide bonds. The third-order valence-electron chi connectivity index (χ3n) is 11.8. The summed E-state index contributed by atoms with van der Waals surface area (Å²) in [5.41, 5.74) is 2.43. The van der Waals surface area contributed by atoms with E-state index in [0.29, 0.717) is 11.8 Å². The lowest BCUT2D eigenvalue weighted by molar-refractivity contribution is -0.270. The first-order valence-electron chi connectivity index (χ1n) is 13.5. The molecule has 33 heavy (non-hydrogen) atoms. The van der Waals surface area contributed by atoms with Gasteiger partial charge in [-0.25, -0.2) is 0 Å². The van der Waals surface area contributed by atoms with Gasteiger partial charge in [-0.05, 0) is 111 Å². The van der Waals surface area contributed by atoms with Gasteiger partial charge in [0.05, 0.1) is 18.3 Å². The second-order valence-corrected chi connectivity index (χ2v) is 14.0. The Morgan fingerprint density at radius 1 is 0.848 bits per heavy atom. The van der Waals surface area contributed by atoms with Crippen LogP contribution in [0.5, 0.6) is 0 Å². The Balaban J connectivity index is 1.71. The van der Waals surface area contributed by atoms with E-state index in [1.807, 2.05) is 0 Å². The number of aliphatic hydroxyl groups is 3. The fraction of sp³-hybridized carbons (Fsp3) is 0.867. The van der Waals surface area contributed by atoms with E-state index in [-0.39, 0.29) is 45.7 Å². The average Bonchev–Trinajstić information content (AvgIpc) is 3.07. The first-order chi connectivity index (χ1) is 15.2. The number of allylic oxidation sites excluding steroid dienone is 4. The molecule has 0 aliphatic heterocycles. The van der Waals surface area contributed by atoms with Crippen molar-refractivity contribution in [2.24, 2.45) is 45.3 Å². The number of hydrogen-bond donors (Lipinski definition) is 3. The minimum atomic E-state index is -0.401. The molecule has 0 aromatic carbocycles. The molecule has 0 saturated heterocycles. The molecule has 0 bridgehead atoms. The highest BCUT2D eigenvalue weighted by atomic mass is 16.3.